The van der Waals surface area contributed by atoms with Crippen LogP contribution in [0.2, 0.25) is 0 Å². The molecule has 2 aromatic carbocycles. The summed E-state index contributed by atoms with van der Waals surface area (Å²) in [5.41, 5.74) is 1.40. The molecule has 0 bridgehead atoms. The minimum absolute atomic E-state index is 0.254. The summed E-state index contributed by atoms with van der Waals surface area (Å²) in [5.74, 6) is 0.647. The third-order valence-electron chi connectivity index (χ3n) is 4.83. The molecule has 32 heavy (non-hydrogen) atoms. The first-order valence-electron chi connectivity index (χ1n) is 10.7. The Balaban J connectivity index is 1.64. The number of furan rings is 1. The Labute approximate surface area is 196 Å². The zero-order chi connectivity index (χ0) is 22.8. The lowest BCUT2D eigenvalue weighted by Gasteiger charge is -2.13. The van der Waals surface area contributed by atoms with Crippen molar-refractivity contribution < 1.29 is 18.7 Å². The summed E-state index contributed by atoms with van der Waals surface area (Å²) >= 11 is 3.42. The lowest BCUT2D eigenvalue weighted by atomic mass is 10.1. The number of carbonyl (C=O) groups is 2. The van der Waals surface area contributed by atoms with Gasteiger partial charge in [0, 0.05) is 15.7 Å². The van der Waals surface area contributed by atoms with Crippen molar-refractivity contribution in [1.29, 1.82) is 0 Å². The number of carbonyl (C=O) groups excluding carboxylic acids is 2. The Kier molecular flexibility index (Phi) is 8.92. The van der Waals surface area contributed by atoms with Gasteiger partial charge in [0.15, 0.2) is 0 Å². The van der Waals surface area contributed by atoms with E-state index in [1.54, 1.807) is 54.8 Å². The second kappa shape index (κ2) is 12.1. The largest absolute Gasteiger partial charge is 0.493 e. The van der Waals surface area contributed by atoms with Gasteiger partial charge < -0.3 is 19.8 Å². The Morgan fingerprint density at radius 2 is 1.88 bits per heavy atom. The van der Waals surface area contributed by atoms with E-state index in [1.807, 2.05) is 6.07 Å². The van der Waals surface area contributed by atoms with Crippen LogP contribution in [0.5, 0.6) is 5.75 Å². The quantitative estimate of drug-likeness (QED) is 0.309. The molecule has 0 saturated heterocycles. The number of anilines is 1. The molecule has 1 heterocycles. The van der Waals surface area contributed by atoms with Crippen molar-refractivity contribution in [2.75, 3.05) is 11.9 Å². The van der Waals surface area contributed by atoms with Gasteiger partial charge >= 0.3 is 0 Å². The van der Waals surface area contributed by atoms with Gasteiger partial charge in [-0.15, -0.1) is 0 Å². The molecule has 2 amide bonds. The second-order valence-corrected chi connectivity index (χ2v) is 8.26. The van der Waals surface area contributed by atoms with Crippen molar-refractivity contribution in [3.8, 4) is 5.75 Å². The molecule has 0 saturated carbocycles. The van der Waals surface area contributed by atoms with E-state index in [4.69, 9.17) is 9.15 Å². The van der Waals surface area contributed by atoms with E-state index in [1.165, 1.54) is 6.42 Å². The highest BCUT2D eigenvalue weighted by molar-refractivity contribution is 9.10. The summed E-state index contributed by atoms with van der Waals surface area (Å²) in [6.07, 6.45) is 5.93. The molecule has 0 atom stereocenters. The number of ether oxygens (including phenoxy) is 1. The molecule has 0 aliphatic rings. The number of unbranched alkanes of at least 4 members (excludes halogenated alkanes) is 3. The molecule has 3 aromatic rings. The first-order chi connectivity index (χ1) is 15.6. The molecular formula is C25H27BrN2O4. The molecule has 0 fully saturated rings. The van der Waals surface area contributed by atoms with Gasteiger partial charge in [-0.25, -0.2) is 0 Å². The summed E-state index contributed by atoms with van der Waals surface area (Å²) in [7, 11) is 0. The van der Waals surface area contributed by atoms with Gasteiger partial charge in [-0.3, -0.25) is 9.59 Å². The van der Waals surface area contributed by atoms with Gasteiger partial charge in [0.05, 0.1) is 25.0 Å². The molecule has 0 aliphatic carbocycles. The van der Waals surface area contributed by atoms with Crippen LogP contribution in [-0.4, -0.2) is 18.4 Å². The average molecular weight is 499 g/mol. The van der Waals surface area contributed by atoms with Gasteiger partial charge in [-0.1, -0.05) is 48.2 Å². The van der Waals surface area contributed by atoms with Gasteiger partial charge in [-0.05, 0) is 55.0 Å². The first-order valence-corrected chi connectivity index (χ1v) is 11.5. The minimum Gasteiger partial charge on any atom is -0.493 e. The Hall–Kier alpha value is -3.06. The summed E-state index contributed by atoms with van der Waals surface area (Å²) in [6.45, 7) is 3.02. The molecule has 0 radical (unpaired) electrons. The van der Waals surface area contributed by atoms with Crippen molar-refractivity contribution in [3.63, 3.8) is 0 Å². The summed E-state index contributed by atoms with van der Waals surface area (Å²) in [4.78, 5) is 25.4. The molecular weight excluding hydrogens is 472 g/mol. The van der Waals surface area contributed by atoms with E-state index in [0.717, 1.165) is 23.7 Å². The number of hydrogen-bond acceptors (Lipinski definition) is 4. The third-order valence-corrected chi connectivity index (χ3v) is 5.32. The van der Waals surface area contributed by atoms with Crippen molar-refractivity contribution in [2.45, 2.75) is 39.2 Å². The summed E-state index contributed by atoms with van der Waals surface area (Å²) in [6, 6.07) is 15.7. The molecule has 7 heteroatoms. The average Bonchev–Trinajstić information content (AvgIpc) is 3.32. The smallest absolute Gasteiger partial charge is 0.259 e. The fourth-order valence-electron chi connectivity index (χ4n) is 3.14. The maximum absolute atomic E-state index is 13.0. The molecule has 0 aliphatic heterocycles. The SMILES string of the molecule is CCCCCCOc1ccc(Br)cc1C(=O)Nc1cccc(C(=O)NCc2ccco2)c1. The molecule has 0 spiro atoms. The topological polar surface area (TPSA) is 80.6 Å². The second-order valence-electron chi connectivity index (χ2n) is 7.35. The number of benzene rings is 2. The van der Waals surface area contributed by atoms with E-state index in [2.05, 4.69) is 33.5 Å². The monoisotopic (exact) mass is 498 g/mol. The van der Waals surface area contributed by atoms with Crippen molar-refractivity contribution >= 4 is 33.4 Å². The van der Waals surface area contributed by atoms with E-state index in [-0.39, 0.29) is 11.8 Å². The Bertz CT molecular complexity index is 1030. The van der Waals surface area contributed by atoms with Crippen LogP contribution in [0.4, 0.5) is 5.69 Å². The van der Waals surface area contributed by atoms with Gasteiger partial charge in [0.25, 0.3) is 11.8 Å². The third kappa shape index (κ3) is 6.99. The van der Waals surface area contributed by atoms with Crippen molar-refractivity contribution in [3.05, 3.63) is 82.2 Å². The van der Waals surface area contributed by atoms with Gasteiger partial charge in [0.2, 0.25) is 0 Å². The number of amides is 2. The molecule has 6 nitrogen and oxygen atoms in total. The highest BCUT2D eigenvalue weighted by atomic mass is 79.9. The van der Waals surface area contributed by atoms with Crippen LogP contribution in [0.25, 0.3) is 0 Å². The molecule has 0 unspecified atom stereocenters. The highest BCUT2D eigenvalue weighted by Crippen LogP contribution is 2.25. The van der Waals surface area contributed by atoms with E-state index >= 15 is 0 Å². The lowest BCUT2D eigenvalue weighted by Crippen LogP contribution is -2.22. The highest BCUT2D eigenvalue weighted by Gasteiger charge is 2.15. The van der Waals surface area contributed by atoms with Crippen LogP contribution in [0.1, 0.15) is 59.1 Å². The van der Waals surface area contributed by atoms with Crippen LogP contribution >= 0.6 is 15.9 Å². The minimum atomic E-state index is -0.303. The zero-order valence-corrected chi connectivity index (χ0v) is 19.6. The molecule has 1 aromatic heterocycles. The van der Waals surface area contributed by atoms with Crippen LogP contribution < -0.4 is 15.4 Å². The Morgan fingerprint density at radius 1 is 1.00 bits per heavy atom. The number of hydrogen-bond donors (Lipinski definition) is 2. The van der Waals surface area contributed by atoms with E-state index in [9.17, 15) is 9.59 Å². The van der Waals surface area contributed by atoms with Gasteiger partial charge in [-0.2, -0.15) is 0 Å². The summed E-state index contributed by atoms with van der Waals surface area (Å²) < 4.78 is 11.9. The first kappa shape index (κ1) is 23.6. The van der Waals surface area contributed by atoms with E-state index < -0.39 is 0 Å². The number of halogens is 1. The maximum atomic E-state index is 13.0. The fraction of sp³-hybridized carbons (Fsp3) is 0.280. The predicted octanol–water partition coefficient (Wildman–Crippen LogP) is 6.18. The van der Waals surface area contributed by atoms with Crippen LogP contribution in [0, 0.1) is 0 Å². The zero-order valence-electron chi connectivity index (χ0n) is 18.0. The van der Waals surface area contributed by atoms with Crippen molar-refractivity contribution in [1.82, 2.24) is 5.32 Å². The van der Waals surface area contributed by atoms with Crippen LogP contribution in [0.3, 0.4) is 0 Å². The van der Waals surface area contributed by atoms with Crippen LogP contribution in [-0.2, 0) is 6.54 Å². The van der Waals surface area contributed by atoms with Crippen LogP contribution in [0.15, 0.2) is 69.8 Å². The lowest BCUT2D eigenvalue weighted by molar-refractivity contribution is 0.0946. The summed E-state index contributed by atoms with van der Waals surface area (Å²) in [5, 5.41) is 5.66. The molecule has 168 valence electrons. The molecule has 3 rings (SSSR count). The van der Waals surface area contributed by atoms with E-state index in [0.29, 0.717) is 41.5 Å². The van der Waals surface area contributed by atoms with Gasteiger partial charge in [0.1, 0.15) is 11.5 Å². The Morgan fingerprint density at radius 3 is 2.66 bits per heavy atom. The normalized spacial score (nSPS) is 10.6. The fourth-order valence-corrected chi connectivity index (χ4v) is 3.50. The standard InChI is InChI=1S/C25H27BrN2O4/c1-2-3-4-5-13-32-23-12-11-19(26)16-22(23)25(30)28-20-9-6-8-18(15-20)24(29)27-17-21-10-7-14-31-21/h6-12,14-16H,2-5,13,17H2,1H3,(H,27,29)(H,28,30). The number of nitrogens with one attached hydrogen (secondary N) is 2. The predicted molar refractivity (Wildman–Crippen MR) is 128 cm³/mol. The number of rotatable bonds is 11. The maximum Gasteiger partial charge on any atom is 0.259 e. The molecule has 2 N–H and O–H groups in total. The van der Waals surface area contributed by atoms with Crippen molar-refractivity contribution in [2.24, 2.45) is 0 Å².